The van der Waals surface area contributed by atoms with Crippen molar-refractivity contribution in [3.63, 3.8) is 0 Å². The van der Waals surface area contributed by atoms with E-state index in [9.17, 15) is 9.59 Å². The molecule has 3 aromatic rings. The Kier molecular flexibility index (Phi) is 5.31. The molecule has 0 bridgehead atoms. The molecule has 0 saturated heterocycles. The molecule has 0 aliphatic rings. The summed E-state index contributed by atoms with van der Waals surface area (Å²) in [6, 6.07) is 14.9. The Morgan fingerprint density at radius 2 is 1.69 bits per heavy atom. The summed E-state index contributed by atoms with van der Waals surface area (Å²) in [6.07, 6.45) is 0.0924. The number of amides is 1. The molecule has 0 radical (unpaired) electrons. The highest BCUT2D eigenvalue weighted by Gasteiger charge is 2.11. The third-order valence-electron chi connectivity index (χ3n) is 4.38. The van der Waals surface area contributed by atoms with E-state index in [1.54, 1.807) is 18.2 Å². The molecule has 0 atom stereocenters. The zero-order chi connectivity index (χ0) is 18.5. The van der Waals surface area contributed by atoms with Crippen LogP contribution in [0.2, 0.25) is 0 Å². The quantitative estimate of drug-likeness (QED) is 0.716. The number of carbonyl (C=O) groups excluding carboxylic acids is 1. The van der Waals surface area contributed by atoms with Crippen LogP contribution >= 0.6 is 0 Å². The predicted octanol–water partition coefficient (Wildman–Crippen LogP) is 2.95. The van der Waals surface area contributed by atoms with Gasteiger partial charge in [-0.05, 0) is 44.2 Å². The van der Waals surface area contributed by atoms with E-state index in [0.717, 1.165) is 24.5 Å². The number of nitrogens with zero attached hydrogens (tertiary/aromatic N) is 2. The van der Waals surface area contributed by atoms with Crippen LogP contribution in [0.15, 0.2) is 53.3 Å². The van der Waals surface area contributed by atoms with Crippen LogP contribution in [0.4, 0.5) is 11.4 Å². The SMILES string of the molecule is CCN(CC)c1ccc(NC(=O)Cc2n[nH]c(=O)c3ccccc23)cc1. The standard InChI is InChI=1S/C20H22N4O2/c1-3-24(4-2)15-11-9-14(10-12-15)21-19(25)13-18-16-7-5-6-8-17(16)20(26)23-22-18/h5-12H,3-4,13H2,1-2H3,(H,21,25)(H,23,26). The summed E-state index contributed by atoms with van der Waals surface area (Å²) >= 11 is 0. The second-order valence-electron chi connectivity index (χ2n) is 5.99. The van der Waals surface area contributed by atoms with Crippen molar-refractivity contribution in [2.75, 3.05) is 23.3 Å². The van der Waals surface area contributed by atoms with Crippen molar-refractivity contribution < 1.29 is 4.79 Å². The number of rotatable bonds is 6. The van der Waals surface area contributed by atoms with E-state index in [1.165, 1.54) is 0 Å². The minimum Gasteiger partial charge on any atom is -0.372 e. The smallest absolute Gasteiger partial charge is 0.272 e. The molecular weight excluding hydrogens is 328 g/mol. The Morgan fingerprint density at radius 3 is 2.35 bits per heavy atom. The molecule has 6 heteroatoms. The second-order valence-corrected chi connectivity index (χ2v) is 5.99. The fourth-order valence-electron chi connectivity index (χ4n) is 3.01. The Hall–Kier alpha value is -3.15. The van der Waals surface area contributed by atoms with Gasteiger partial charge in [-0.1, -0.05) is 18.2 Å². The van der Waals surface area contributed by atoms with Crippen LogP contribution in [-0.4, -0.2) is 29.2 Å². The number of carbonyl (C=O) groups is 1. The molecule has 0 saturated carbocycles. The van der Waals surface area contributed by atoms with Gasteiger partial charge in [-0.15, -0.1) is 0 Å². The highest BCUT2D eigenvalue weighted by molar-refractivity contribution is 5.95. The van der Waals surface area contributed by atoms with Crippen molar-refractivity contribution in [2.24, 2.45) is 0 Å². The lowest BCUT2D eigenvalue weighted by molar-refractivity contribution is -0.115. The fraction of sp³-hybridized carbons (Fsp3) is 0.250. The molecule has 3 rings (SSSR count). The first-order chi connectivity index (χ1) is 12.6. The number of benzene rings is 2. The number of H-pyrrole nitrogens is 1. The average Bonchev–Trinajstić information content (AvgIpc) is 2.66. The molecule has 1 aromatic heterocycles. The van der Waals surface area contributed by atoms with Crippen molar-refractivity contribution in [1.82, 2.24) is 10.2 Å². The Morgan fingerprint density at radius 1 is 1.04 bits per heavy atom. The zero-order valence-electron chi connectivity index (χ0n) is 15.0. The molecule has 1 amide bonds. The van der Waals surface area contributed by atoms with E-state index >= 15 is 0 Å². The van der Waals surface area contributed by atoms with Gasteiger partial charge in [0.05, 0.1) is 17.5 Å². The van der Waals surface area contributed by atoms with Gasteiger partial charge in [-0.3, -0.25) is 9.59 Å². The number of nitrogens with one attached hydrogen (secondary N) is 2. The molecule has 0 fully saturated rings. The van der Waals surface area contributed by atoms with Crippen molar-refractivity contribution in [1.29, 1.82) is 0 Å². The number of anilines is 2. The van der Waals surface area contributed by atoms with Gasteiger partial charge in [0.2, 0.25) is 5.91 Å². The maximum absolute atomic E-state index is 12.4. The molecule has 0 aliphatic carbocycles. The van der Waals surface area contributed by atoms with Crippen LogP contribution in [0.3, 0.4) is 0 Å². The second kappa shape index (κ2) is 7.82. The Bertz CT molecular complexity index is 959. The largest absolute Gasteiger partial charge is 0.372 e. The molecule has 1 heterocycles. The van der Waals surface area contributed by atoms with E-state index in [2.05, 4.69) is 34.3 Å². The fourth-order valence-corrected chi connectivity index (χ4v) is 3.01. The molecule has 26 heavy (non-hydrogen) atoms. The van der Waals surface area contributed by atoms with E-state index < -0.39 is 0 Å². The monoisotopic (exact) mass is 350 g/mol. The summed E-state index contributed by atoms with van der Waals surface area (Å²) in [5.41, 5.74) is 2.16. The lowest BCUT2D eigenvalue weighted by Crippen LogP contribution is -2.21. The van der Waals surface area contributed by atoms with Crippen molar-refractivity contribution >= 4 is 28.1 Å². The first-order valence-electron chi connectivity index (χ1n) is 8.73. The first kappa shape index (κ1) is 17.7. The molecule has 0 spiro atoms. The summed E-state index contributed by atoms with van der Waals surface area (Å²) in [5.74, 6) is -0.176. The van der Waals surface area contributed by atoms with E-state index in [0.29, 0.717) is 16.5 Å². The highest BCUT2D eigenvalue weighted by atomic mass is 16.1. The van der Waals surface area contributed by atoms with Gasteiger partial charge < -0.3 is 10.2 Å². The van der Waals surface area contributed by atoms with E-state index in [4.69, 9.17) is 0 Å². The molecule has 6 nitrogen and oxygen atoms in total. The molecule has 2 N–H and O–H groups in total. The zero-order valence-corrected chi connectivity index (χ0v) is 15.0. The van der Waals surface area contributed by atoms with Crippen LogP contribution in [0.5, 0.6) is 0 Å². The van der Waals surface area contributed by atoms with Crippen molar-refractivity contribution in [3.8, 4) is 0 Å². The lowest BCUT2D eigenvalue weighted by atomic mass is 10.1. The summed E-state index contributed by atoms with van der Waals surface area (Å²) in [4.78, 5) is 26.4. The molecule has 134 valence electrons. The number of hydrogen-bond acceptors (Lipinski definition) is 4. The van der Waals surface area contributed by atoms with Gasteiger partial charge in [0.1, 0.15) is 0 Å². The Balaban J connectivity index is 1.74. The van der Waals surface area contributed by atoms with Gasteiger partial charge in [0, 0.05) is 29.9 Å². The summed E-state index contributed by atoms with van der Waals surface area (Å²) in [7, 11) is 0. The van der Waals surface area contributed by atoms with Crippen molar-refractivity contribution in [2.45, 2.75) is 20.3 Å². The third-order valence-corrected chi connectivity index (χ3v) is 4.38. The summed E-state index contributed by atoms with van der Waals surface area (Å²) < 4.78 is 0. The number of aromatic nitrogens is 2. The minimum absolute atomic E-state index is 0.0924. The van der Waals surface area contributed by atoms with E-state index in [1.807, 2.05) is 30.3 Å². The van der Waals surface area contributed by atoms with Crippen LogP contribution < -0.4 is 15.8 Å². The van der Waals surface area contributed by atoms with Gasteiger partial charge in [0.15, 0.2) is 0 Å². The van der Waals surface area contributed by atoms with Crippen LogP contribution in [0, 0.1) is 0 Å². The topological polar surface area (TPSA) is 78.1 Å². The van der Waals surface area contributed by atoms with Crippen LogP contribution in [0.1, 0.15) is 19.5 Å². The number of aromatic amines is 1. The molecule has 0 unspecified atom stereocenters. The molecule has 0 aliphatic heterocycles. The number of fused-ring (bicyclic) bond motifs is 1. The summed E-state index contributed by atoms with van der Waals surface area (Å²) in [6.45, 7) is 6.10. The predicted molar refractivity (Wildman–Crippen MR) is 105 cm³/mol. The average molecular weight is 350 g/mol. The third kappa shape index (κ3) is 3.74. The first-order valence-corrected chi connectivity index (χ1v) is 8.73. The van der Waals surface area contributed by atoms with Gasteiger partial charge >= 0.3 is 0 Å². The van der Waals surface area contributed by atoms with Gasteiger partial charge in [-0.25, -0.2) is 5.10 Å². The molecular formula is C20H22N4O2. The van der Waals surface area contributed by atoms with Gasteiger partial charge in [0.25, 0.3) is 5.56 Å². The van der Waals surface area contributed by atoms with Crippen LogP contribution in [0.25, 0.3) is 10.8 Å². The maximum atomic E-state index is 12.4. The van der Waals surface area contributed by atoms with Crippen molar-refractivity contribution in [3.05, 3.63) is 64.6 Å². The normalized spacial score (nSPS) is 10.7. The lowest BCUT2D eigenvalue weighted by Gasteiger charge is -2.21. The Labute approximate surface area is 151 Å². The highest BCUT2D eigenvalue weighted by Crippen LogP contribution is 2.18. The van der Waals surface area contributed by atoms with Crippen LogP contribution in [-0.2, 0) is 11.2 Å². The number of hydrogen-bond donors (Lipinski definition) is 2. The molecule has 2 aromatic carbocycles. The van der Waals surface area contributed by atoms with E-state index in [-0.39, 0.29) is 17.9 Å². The summed E-state index contributed by atoms with van der Waals surface area (Å²) in [5, 5.41) is 10.6. The van der Waals surface area contributed by atoms with Gasteiger partial charge in [-0.2, -0.15) is 5.10 Å². The maximum Gasteiger partial charge on any atom is 0.272 e. The minimum atomic E-state index is -0.253.